The summed E-state index contributed by atoms with van der Waals surface area (Å²) in [7, 11) is 0. The Kier molecular flexibility index (Phi) is 5.92. The average Bonchev–Trinajstić information content (AvgIpc) is 3.33. The second-order valence-corrected chi connectivity index (χ2v) is 9.65. The Morgan fingerprint density at radius 2 is 2.03 bits per heavy atom. The van der Waals surface area contributed by atoms with Crippen molar-refractivity contribution < 1.29 is 36.9 Å². The molecule has 0 spiro atoms. The number of aromatic nitrogens is 2. The topological polar surface area (TPSA) is 117 Å². The van der Waals surface area contributed by atoms with Crippen LogP contribution in [0, 0.1) is 0 Å². The minimum absolute atomic E-state index is 0.0208. The second-order valence-electron chi connectivity index (χ2n) is 8.62. The number of nitrogens with one attached hydrogen (secondary N) is 2. The van der Waals surface area contributed by atoms with E-state index in [0.717, 1.165) is 11.3 Å². The quantitative estimate of drug-likeness (QED) is 0.436. The number of likely N-dealkylation sites (tertiary alicyclic amines) is 1. The molecule has 0 radical (unpaired) electrons. The molecular weight excluding hydrogens is 508 g/mol. The number of pyridine rings is 1. The molecule has 9 nitrogen and oxygen atoms in total. The van der Waals surface area contributed by atoms with Gasteiger partial charge in [-0.25, -0.2) is 13.8 Å². The molecular formula is C22H20F4N4O5S. The van der Waals surface area contributed by atoms with Crippen LogP contribution in [0.5, 0.6) is 11.5 Å². The highest BCUT2D eigenvalue weighted by Gasteiger charge is 2.47. The van der Waals surface area contributed by atoms with E-state index in [2.05, 4.69) is 24.8 Å². The van der Waals surface area contributed by atoms with Gasteiger partial charge in [-0.2, -0.15) is 0 Å². The van der Waals surface area contributed by atoms with Gasteiger partial charge in [-0.3, -0.25) is 14.5 Å². The fourth-order valence-corrected chi connectivity index (χ4v) is 5.18. The predicted molar refractivity (Wildman–Crippen MR) is 121 cm³/mol. The molecule has 192 valence electrons. The minimum Gasteiger partial charge on any atom is -0.395 e. The summed E-state index contributed by atoms with van der Waals surface area (Å²) in [6.45, 7) is 0.793. The van der Waals surface area contributed by atoms with Crippen molar-refractivity contribution in [3.05, 3.63) is 45.9 Å². The van der Waals surface area contributed by atoms with Crippen LogP contribution < -0.4 is 20.3 Å². The number of H-pyrrole nitrogens is 1. The second kappa shape index (κ2) is 8.71. The van der Waals surface area contributed by atoms with Gasteiger partial charge in [-0.1, -0.05) is 11.3 Å². The Labute approximate surface area is 204 Å². The minimum atomic E-state index is -3.75. The zero-order chi connectivity index (χ0) is 25.8. The molecule has 0 bridgehead atoms. The molecule has 2 aliphatic heterocycles. The van der Waals surface area contributed by atoms with Gasteiger partial charge in [0.1, 0.15) is 0 Å². The summed E-state index contributed by atoms with van der Waals surface area (Å²) < 4.78 is 65.4. The number of carbonyl (C=O) groups excluding carboxylic acids is 1. The molecule has 2 aromatic heterocycles. The number of aromatic amines is 1. The first-order valence-corrected chi connectivity index (χ1v) is 11.7. The Hall–Kier alpha value is -3.23. The van der Waals surface area contributed by atoms with Crippen molar-refractivity contribution >= 4 is 32.6 Å². The molecule has 4 heterocycles. The Balaban J connectivity index is 1.31. The summed E-state index contributed by atoms with van der Waals surface area (Å²) >= 11 is 1.04. The van der Waals surface area contributed by atoms with E-state index in [0.29, 0.717) is 10.2 Å². The number of amides is 1. The van der Waals surface area contributed by atoms with Gasteiger partial charge in [0.2, 0.25) is 5.91 Å². The third-order valence-electron chi connectivity index (χ3n) is 6.30. The summed E-state index contributed by atoms with van der Waals surface area (Å²) in [6, 6.07) is 3.08. The maximum Gasteiger partial charge on any atom is 0.586 e. The fourth-order valence-electron chi connectivity index (χ4n) is 4.30. The number of alkyl halides is 4. The normalized spacial score (nSPS) is 21.4. The zero-order valence-corrected chi connectivity index (χ0v) is 19.5. The standard InChI is InChI=1S/C22H20F4N4O5S/c1-10(30-3-2-21(23,24)13(8-30)11-4-12(9-31)19(33)27-7-11)18(32)29-20-28-14-5-15-16(6-17(14)36-20)35-22(25,26)34-15/h4-7,10,13,31H,2-3,8-9H2,1H3,(H,27,33)(H,28,29,32)/t10-,13+/m0/s1. The van der Waals surface area contributed by atoms with Gasteiger partial charge in [-0.05, 0) is 18.6 Å². The van der Waals surface area contributed by atoms with Crippen LogP contribution in [0.25, 0.3) is 10.2 Å². The smallest absolute Gasteiger partial charge is 0.395 e. The van der Waals surface area contributed by atoms with Crippen LogP contribution in [0.15, 0.2) is 29.2 Å². The van der Waals surface area contributed by atoms with Crippen LogP contribution in [-0.4, -0.2) is 57.2 Å². The highest BCUT2D eigenvalue weighted by atomic mass is 32.1. The number of fused-ring (bicyclic) bond motifs is 2. The van der Waals surface area contributed by atoms with E-state index >= 15 is 0 Å². The van der Waals surface area contributed by atoms with Crippen molar-refractivity contribution in [2.24, 2.45) is 0 Å². The van der Waals surface area contributed by atoms with Crippen molar-refractivity contribution in [2.45, 2.75) is 44.1 Å². The molecule has 0 aliphatic carbocycles. The maximum absolute atomic E-state index is 14.8. The highest BCUT2D eigenvalue weighted by Crippen LogP contribution is 2.45. The number of halogens is 4. The molecule has 2 aliphatic rings. The SMILES string of the molecule is C[C@@H](C(=O)Nc1nc2cc3c(cc2s1)OC(F)(F)O3)N1CCC(F)(F)[C@@H](c2c[nH]c(=O)c(CO)c2)C1. The van der Waals surface area contributed by atoms with E-state index < -0.39 is 48.7 Å². The zero-order valence-electron chi connectivity index (χ0n) is 18.7. The summed E-state index contributed by atoms with van der Waals surface area (Å²) in [5.41, 5.74) is -0.0981. The fraction of sp³-hybridized carbons (Fsp3) is 0.409. The lowest BCUT2D eigenvalue weighted by Gasteiger charge is -2.40. The molecule has 1 saturated heterocycles. The Morgan fingerprint density at radius 3 is 2.75 bits per heavy atom. The van der Waals surface area contributed by atoms with Gasteiger partial charge >= 0.3 is 6.29 Å². The lowest BCUT2D eigenvalue weighted by atomic mass is 9.86. The number of nitrogens with zero attached hydrogens (tertiary/aromatic N) is 2. The third kappa shape index (κ3) is 4.51. The van der Waals surface area contributed by atoms with Crippen molar-refractivity contribution in [3.63, 3.8) is 0 Å². The molecule has 0 saturated carbocycles. The van der Waals surface area contributed by atoms with Gasteiger partial charge < -0.3 is 24.9 Å². The maximum atomic E-state index is 14.8. The lowest BCUT2D eigenvalue weighted by Crippen LogP contribution is -2.52. The van der Waals surface area contributed by atoms with Crippen molar-refractivity contribution in [1.29, 1.82) is 0 Å². The number of anilines is 1. The highest BCUT2D eigenvalue weighted by molar-refractivity contribution is 7.22. The molecule has 2 atom stereocenters. The predicted octanol–water partition coefficient (Wildman–Crippen LogP) is 3.25. The Morgan fingerprint density at radius 1 is 1.31 bits per heavy atom. The molecule has 14 heteroatoms. The number of carbonyl (C=O) groups is 1. The van der Waals surface area contributed by atoms with Crippen molar-refractivity contribution in [2.75, 3.05) is 18.4 Å². The monoisotopic (exact) mass is 528 g/mol. The number of aliphatic hydroxyl groups excluding tert-OH is 1. The Bertz CT molecular complexity index is 1350. The van der Waals surface area contributed by atoms with Crippen LogP contribution in [-0.2, 0) is 11.4 Å². The van der Waals surface area contributed by atoms with Crippen molar-refractivity contribution in [3.8, 4) is 11.5 Å². The number of hydrogen-bond donors (Lipinski definition) is 3. The number of rotatable bonds is 5. The van der Waals surface area contributed by atoms with Gasteiger partial charge in [0.15, 0.2) is 16.6 Å². The molecule has 3 N–H and O–H groups in total. The molecule has 1 fully saturated rings. The molecule has 0 unspecified atom stereocenters. The van der Waals surface area contributed by atoms with E-state index in [-0.39, 0.29) is 40.8 Å². The summed E-state index contributed by atoms with van der Waals surface area (Å²) in [6.07, 6.45) is -3.05. The number of benzene rings is 1. The average molecular weight is 528 g/mol. The molecule has 5 rings (SSSR count). The van der Waals surface area contributed by atoms with Gasteiger partial charge in [0.25, 0.3) is 11.5 Å². The number of piperidine rings is 1. The van der Waals surface area contributed by atoms with Crippen LogP contribution in [0.4, 0.5) is 22.7 Å². The van der Waals surface area contributed by atoms with E-state index in [1.165, 1.54) is 24.4 Å². The summed E-state index contributed by atoms with van der Waals surface area (Å²) in [5.74, 6) is -5.18. The number of aliphatic hydroxyl groups is 1. The van der Waals surface area contributed by atoms with E-state index in [4.69, 9.17) is 0 Å². The van der Waals surface area contributed by atoms with Crippen LogP contribution in [0.2, 0.25) is 0 Å². The van der Waals surface area contributed by atoms with Gasteiger partial charge in [-0.15, -0.1) is 8.78 Å². The lowest BCUT2D eigenvalue weighted by molar-refractivity contribution is -0.286. The van der Waals surface area contributed by atoms with E-state index in [9.17, 15) is 32.3 Å². The first-order chi connectivity index (χ1) is 17.0. The molecule has 36 heavy (non-hydrogen) atoms. The number of thiazole rings is 1. The van der Waals surface area contributed by atoms with Crippen molar-refractivity contribution in [1.82, 2.24) is 14.9 Å². The van der Waals surface area contributed by atoms with Crippen LogP contribution in [0.1, 0.15) is 30.4 Å². The molecule has 3 aromatic rings. The largest absolute Gasteiger partial charge is 0.586 e. The van der Waals surface area contributed by atoms with E-state index in [1.807, 2.05) is 0 Å². The molecule has 1 amide bonds. The van der Waals surface area contributed by atoms with E-state index in [1.54, 1.807) is 11.8 Å². The molecule has 1 aromatic carbocycles. The van der Waals surface area contributed by atoms with Crippen LogP contribution >= 0.6 is 11.3 Å². The van der Waals surface area contributed by atoms with Gasteiger partial charge in [0.05, 0.1) is 28.8 Å². The summed E-state index contributed by atoms with van der Waals surface area (Å²) in [5, 5.41) is 12.2. The first kappa shape index (κ1) is 24.5. The number of ether oxygens (including phenoxy) is 2. The third-order valence-corrected chi connectivity index (χ3v) is 7.24. The van der Waals surface area contributed by atoms with Crippen LogP contribution in [0.3, 0.4) is 0 Å². The van der Waals surface area contributed by atoms with Gasteiger partial charge in [0, 0.05) is 43.4 Å². The summed E-state index contributed by atoms with van der Waals surface area (Å²) in [4.78, 5) is 32.8. The number of hydrogen-bond acceptors (Lipinski definition) is 8. The first-order valence-electron chi connectivity index (χ1n) is 10.9.